The maximum Gasteiger partial charge on any atom is 0.264 e. The first-order valence-corrected chi connectivity index (χ1v) is 15.8. The summed E-state index contributed by atoms with van der Waals surface area (Å²) < 4.78 is 57.7. The number of sulfonamides is 1. The van der Waals surface area contributed by atoms with Crippen LogP contribution in [-0.2, 0) is 26.3 Å². The van der Waals surface area contributed by atoms with Crippen molar-refractivity contribution in [2.75, 3.05) is 0 Å². The minimum atomic E-state index is -3.98. The quantitative estimate of drug-likeness (QED) is 0.277. The van der Waals surface area contributed by atoms with Gasteiger partial charge in [0.05, 0.1) is 21.1 Å². The molecule has 0 radical (unpaired) electrons. The van der Waals surface area contributed by atoms with Gasteiger partial charge in [-0.05, 0) is 61.7 Å². The number of rotatable bonds is 7. The summed E-state index contributed by atoms with van der Waals surface area (Å²) in [6.45, 7) is 3.81. The molecule has 0 bridgehead atoms. The molecule has 0 fully saturated rings. The Balaban J connectivity index is 1.70. The van der Waals surface area contributed by atoms with Crippen molar-refractivity contribution in [1.82, 2.24) is 4.31 Å². The fraction of sp³-hybridized carbons (Fsp3) is 0.188. The number of nitrogens with zero attached hydrogens (tertiary/aromatic N) is 1. The van der Waals surface area contributed by atoms with Crippen molar-refractivity contribution >= 4 is 19.9 Å². The van der Waals surface area contributed by atoms with E-state index in [1.165, 1.54) is 10.5 Å². The summed E-state index contributed by atoms with van der Waals surface area (Å²) in [6.07, 6.45) is 3.34. The number of aryl methyl sites for hydroxylation is 2. The largest absolute Gasteiger partial charge is 0.270 e. The fourth-order valence-corrected chi connectivity index (χ4v) is 8.56. The van der Waals surface area contributed by atoms with E-state index >= 15 is 0 Å². The predicted molar refractivity (Wildman–Crippen MR) is 155 cm³/mol. The molecule has 5 nitrogen and oxygen atoms in total. The second kappa shape index (κ2) is 10.8. The van der Waals surface area contributed by atoms with Crippen LogP contribution in [0.3, 0.4) is 0 Å². The van der Waals surface area contributed by atoms with Gasteiger partial charge in [0.1, 0.15) is 0 Å². The molecule has 3 atom stereocenters. The monoisotopic (exact) mass is 557 g/mol. The van der Waals surface area contributed by atoms with Gasteiger partial charge in [-0.15, -0.1) is 0 Å². The third-order valence-corrected chi connectivity index (χ3v) is 11.2. The molecule has 0 N–H and O–H groups in total. The minimum absolute atomic E-state index is 0.169. The maximum atomic E-state index is 14.1. The van der Waals surface area contributed by atoms with Gasteiger partial charge in [0.25, 0.3) is 10.0 Å². The number of sulfone groups is 1. The Hall–Kier alpha value is -3.68. The highest BCUT2D eigenvalue weighted by atomic mass is 32.2. The molecule has 1 heterocycles. The molecule has 0 unspecified atom stereocenters. The molecule has 200 valence electrons. The first-order chi connectivity index (χ1) is 18.7. The molecule has 0 aliphatic carbocycles. The lowest BCUT2D eigenvalue weighted by molar-refractivity contribution is 0.323. The first kappa shape index (κ1) is 26.9. The standard InChI is InChI=1S/C32H31NO4S2/c1-24-13-17-28(18-14-24)38(34,35)31-21-22-33(39(36,37)29-19-15-25(2)16-20-29)30(23-26-9-5-3-6-10-26)32(31)27-11-7-4-8-12-27/h3-22,30-32H,23H2,1-2H3/t30-,31-,32-/m0/s1. The van der Waals surface area contributed by atoms with Crippen molar-refractivity contribution < 1.29 is 16.8 Å². The second-order valence-electron chi connectivity index (χ2n) is 10.0. The Bertz CT molecular complexity index is 1670. The lowest BCUT2D eigenvalue weighted by Gasteiger charge is -2.42. The van der Waals surface area contributed by atoms with Crippen molar-refractivity contribution in [3.63, 3.8) is 0 Å². The van der Waals surface area contributed by atoms with Gasteiger partial charge in [-0.25, -0.2) is 16.8 Å². The highest BCUT2D eigenvalue weighted by molar-refractivity contribution is 7.92. The number of hydrogen-bond acceptors (Lipinski definition) is 4. The lowest BCUT2D eigenvalue weighted by atomic mass is 9.83. The van der Waals surface area contributed by atoms with Gasteiger partial charge in [0.2, 0.25) is 0 Å². The average Bonchev–Trinajstić information content (AvgIpc) is 2.94. The predicted octanol–water partition coefficient (Wildman–Crippen LogP) is 6.06. The maximum absolute atomic E-state index is 14.1. The molecule has 0 amide bonds. The molecule has 1 aliphatic rings. The summed E-state index contributed by atoms with van der Waals surface area (Å²) >= 11 is 0. The molecule has 4 aromatic carbocycles. The average molecular weight is 558 g/mol. The van der Waals surface area contributed by atoms with E-state index in [9.17, 15) is 16.8 Å². The van der Waals surface area contributed by atoms with E-state index in [2.05, 4.69) is 0 Å². The van der Waals surface area contributed by atoms with Gasteiger partial charge in [0, 0.05) is 12.1 Å². The highest BCUT2D eigenvalue weighted by Crippen LogP contribution is 2.41. The fourth-order valence-electron chi connectivity index (χ4n) is 5.21. The Labute approximate surface area is 231 Å². The highest BCUT2D eigenvalue weighted by Gasteiger charge is 2.46. The summed E-state index contributed by atoms with van der Waals surface area (Å²) in [7, 11) is -7.83. The molecule has 4 aromatic rings. The van der Waals surface area contributed by atoms with Crippen LogP contribution in [-0.4, -0.2) is 32.4 Å². The molecular weight excluding hydrogens is 526 g/mol. The van der Waals surface area contributed by atoms with E-state index < -0.39 is 37.1 Å². The van der Waals surface area contributed by atoms with E-state index in [0.29, 0.717) is 6.42 Å². The summed E-state index contributed by atoms with van der Waals surface area (Å²) in [6, 6.07) is 31.9. The Kier molecular flexibility index (Phi) is 7.47. The van der Waals surface area contributed by atoms with Crippen LogP contribution in [0.1, 0.15) is 28.2 Å². The zero-order valence-electron chi connectivity index (χ0n) is 21.9. The van der Waals surface area contributed by atoms with Gasteiger partial charge < -0.3 is 0 Å². The molecule has 0 saturated carbocycles. The van der Waals surface area contributed by atoms with Crippen molar-refractivity contribution in [1.29, 1.82) is 0 Å². The van der Waals surface area contributed by atoms with Crippen LogP contribution >= 0.6 is 0 Å². The third-order valence-electron chi connectivity index (χ3n) is 7.29. The normalized spacial score (nSPS) is 19.6. The SMILES string of the molecule is Cc1ccc(S(=O)(=O)[C@H]2C=CN(S(=O)(=O)c3ccc(C)cc3)[C@@H](Cc3ccccc3)[C@@H]2c2ccccc2)cc1. The van der Waals surface area contributed by atoms with Gasteiger partial charge in [-0.1, -0.05) is 96.1 Å². The van der Waals surface area contributed by atoms with E-state index in [0.717, 1.165) is 22.3 Å². The van der Waals surface area contributed by atoms with E-state index in [-0.39, 0.29) is 9.79 Å². The zero-order valence-corrected chi connectivity index (χ0v) is 23.5. The molecule has 5 rings (SSSR count). The van der Waals surface area contributed by atoms with Gasteiger partial charge >= 0.3 is 0 Å². The van der Waals surface area contributed by atoms with Gasteiger partial charge in [-0.2, -0.15) is 0 Å². The van der Waals surface area contributed by atoms with Crippen LogP contribution in [0.5, 0.6) is 0 Å². The third kappa shape index (κ3) is 5.42. The van der Waals surface area contributed by atoms with Crippen molar-refractivity contribution in [3.8, 4) is 0 Å². The topological polar surface area (TPSA) is 71.5 Å². The Morgan fingerprint density at radius 2 is 1.15 bits per heavy atom. The van der Waals surface area contributed by atoms with Crippen LogP contribution in [0.2, 0.25) is 0 Å². The molecule has 0 aromatic heterocycles. The number of hydrogen-bond donors (Lipinski definition) is 0. The van der Waals surface area contributed by atoms with Crippen LogP contribution < -0.4 is 0 Å². The first-order valence-electron chi connectivity index (χ1n) is 12.9. The van der Waals surface area contributed by atoms with Crippen LogP contribution in [0.15, 0.2) is 131 Å². The summed E-state index contributed by atoms with van der Waals surface area (Å²) in [5, 5.41) is -0.958. The van der Waals surface area contributed by atoms with Gasteiger partial charge in [-0.3, -0.25) is 4.31 Å². The van der Waals surface area contributed by atoms with E-state index in [1.807, 2.05) is 74.5 Å². The Morgan fingerprint density at radius 1 is 0.641 bits per heavy atom. The smallest absolute Gasteiger partial charge is 0.264 e. The lowest BCUT2D eigenvalue weighted by Crippen LogP contribution is -2.49. The van der Waals surface area contributed by atoms with Crippen molar-refractivity contribution in [3.05, 3.63) is 144 Å². The molecule has 1 aliphatic heterocycles. The zero-order chi connectivity index (χ0) is 27.6. The van der Waals surface area contributed by atoms with Crippen molar-refractivity contribution in [2.45, 2.75) is 47.3 Å². The molecule has 39 heavy (non-hydrogen) atoms. The number of benzene rings is 4. The summed E-state index contributed by atoms with van der Waals surface area (Å²) in [4.78, 5) is 0.388. The molecular formula is C32H31NO4S2. The van der Waals surface area contributed by atoms with E-state index in [4.69, 9.17) is 0 Å². The summed E-state index contributed by atoms with van der Waals surface area (Å²) in [5.41, 5.74) is 3.61. The van der Waals surface area contributed by atoms with Crippen LogP contribution in [0.4, 0.5) is 0 Å². The Morgan fingerprint density at radius 3 is 1.72 bits per heavy atom. The summed E-state index contributed by atoms with van der Waals surface area (Å²) in [5.74, 6) is -0.650. The molecule has 0 spiro atoms. The van der Waals surface area contributed by atoms with Crippen LogP contribution in [0.25, 0.3) is 0 Å². The minimum Gasteiger partial charge on any atom is -0.270 e. The molecule has 0 saturated heterocycles. The second-order valence-corrected chi connectivity index (χ2v) is 14.0. The van der Waals surface area contributed by atoms with Crippen LogP contribution in [0, 0.1) is 13.8 Å². The molecule has 7 heteroatoms. The van der Waals surface area contributed by atoms with E-state index in [1.54, 1.807) is 54.6 Å². The van der Waals surface area contributed by atoms with Crippen molar-refractivity contribution in [2.24, 2.45) is 0 Å². The van der Waals surface area contributed by atoms with Gasteiger partial charge in [0.15, 0.2) is 9.84 Å².